The van der Waals surface area contributed by atoms with E-state index in [0.717, 1.165) is 44.9 Å². The summed E-state index contributed by atoms with van der Waals surface area (Å²) in [5.74, 6) is -0.633. The van der Waals surface area contributed by atoms with Gasteiger partial charge < -0.3 is 4.74 Å². The summed E-state index contributed by atoms with van der Waals surface area (Å²) in [6.45, 7) is -0.215. The molecule has 3 rings (SSSR count). The highest BCUT2D eigenvalue weighted by atomic mass is 32.2. The first-order valence-electron chi connectivity index (χ1n) is 8.78. The maximum atomic E-state index is 12.1. The fourth-order valence-electron chi connectivity index (χ4n) is 3.02. The number of sulfonamides is 1. The molecular formula is C18H23NO5S. The van der Waals surface area contributed by atoms with E-state index in [9.17, 15) is 18.0 Å². The first-order chi connectivity index (χ1) is 12.0. The third-order valence-electron chi connectivity index (χ3n) is 4.71. The van der Waals surface area contributed by atoms with Gasteiger partial charge in [0, 0.05) is 12.0 Å². The van der Waals surface area contributed by atoms with E-state index in [2.05, 4.69) is 4.72 Å². The van der Waals surface area contributed by atoms with Gasteiger partial charge in [-0.1, -0.05) is 19.3 Å². The van der Waals surface area contributed by atoms with Crippen LogP contribution >= 0.6 is 0 Å². The number of hydrogen-bond donors (Lipinski definition) is 1. The predicted molar refractivity (Wildman–Crippen MR) is 91.7 cm³/mol. The van der Waals surface area contributed by atoms with Crippen molar-refractivity contribution in [2.24, 2.45) is 5.92 Å². The molecule has 1 aromatic rings. The van der Waals surface area contributed by atoms with Gasteiger partial charge in [-0.05, 0) is 49.9 Å². The number of Topliss-reactive ketones (excluding diaryl/α,β-unsaturated/α-hetero) is 1. The Kier molecular flexibility index (Phi) is 5.54. The fraction of sp³-hybridized carbons (Fsp3) is 0.556. The molecule has 25 heavy (non-hydrogen) atoms. The van der Waals surface area contributed by atoms with Crippen LogP contribution in [0.1, 0.15) is 55.3 Å². The van der Waals surface area contributed by atoms with Gasteiger partial charge in [-0.3, -0.25) is 4.79 Å². The fourth-order valence-corrected chi connectivity index (χ4v) is 4.33. The van der Waals surface area contributed by atoms with Crippen molar-refractivity contribution in [2.45, 2.75) is 55.9 Å². The van der Waals surface area contributed by atoms with E-state index in [4.69, 9.17) is 4.74 Å². The van der Waals surface area contributed by atoms with Crippen LogP contribution in [0.15, 0.2) is 29.2 Å². The number of benzene rings is 1. The molecule has 2 fully saturated rings. The first-order valence-corrected chi connectivity index (χ1v) is 10.3. The van der Waals surface area contributed by atoms with Gasteiger partial charge in [-0.15, -0.1) is 0 Å². The quantitative estimate of drug-likeness (QED) is 0.750. The Morgan fingerprint density at radius 2 is 1.64 bits per heavy atom. The van der Waals surface area contributed by atoms with Crippen molar-refractivity contribution in [1.82, 2.24) is 4.72 Å². The van der Waals surface area contributed by atoms with E-state index in [1.165, 1.54) is 24.3 Å². The van der Waals surface area contributed by atoms with Crippen LogP contribution in [0.4, 0.5) is 0 Å². The smallest absolute Gasteiger partial charge is 0.338 e. The normalized spacial score (nSPS) is 18.7. The minimum atomic E-state index is -3.54. The Balaban J connectivity index is 1.54. The molecule has 0 bridgehead atoms. The summed E-state index contributed by atoms with van der Waals surface area (Å²) in [5.41, 5.74) is 0.238. The molecule has 0 saturated heterocycles. The predicted octanol–water partition coefficient (Wildman–Crippen LogP) is 2.43. The van der Waals surface area contributed by atoms with Crippen LogP contribution in [-0.2, 0) is 19.6 Å². The number of nitrogens with one attached hydrogen (secondary N) is 1. The highest BCUT2D eigenvalue weighted by molar-refractivity contribution is 7.89. The Labute approximate surface area is 148 Å². The minimum absolute atomic E-state index is 0.00238. The Morgan fingerprint density at radius 1 is 1.00 bits per heavy atom. The van der Waals surface area contributed by atoms with Crippen LogP contribution in [-0.4, -0.2) is 32.8 Å². The van der Waals surface area contributed by atoms with Crippen LogP contribution in [0.5, 0.6) is 0 Å². The number of carbonyl (C=O) groups is 2. The lowest BCUT2D eigenvalue weighted by atomic mass is 9.86. The van der Waals surface area contributed by atoms with Gasteiger partial charge in [0.25, 0.3) is 0 Å². The van der Waals surface area contributed by atoms with Gasteiger partial charge in [0.15, 0.2) is 12.4 Å². The van der Waals surface area contributed by atoms with Crippen molar-refractivity contribution in [1.29, 1.82) is 0 Å². The molecule has 0 amide bonds. The van der Waals surface area contributed by atoms with Crippen LogP contribution in [0, 0.1) is 5.92 Å². The summed E-state index contributed by atoms with van der Waals surface area (Å²) >= 11 is 0. The third kappa shape index (κ3) is 4.89. The molecular weight excluding hydrogens is 342 g/mol. The molecule has 7 heteroatoms. The Hall–Kier alpha value is -1.73. The number of rotatable bonds is 7. The third-order valence-corrected chi connectivity index (χ3v) is 6.24. The molecule has 136 valence electrons. The number of hydrogen-bond acceptors (Lipinski definition) is 5. The number of esters is 1. The average Bonchev–Trinajstić information content (AvgIpc) is 3.43. The van der Waals surface area contributed by atoms with E-state index >= 15 is 0 Å². The lowest BCUT2D eigenvalue weighted by Gasteiger charge is -2.19. The van der Waals surface area contributed by atoms with E-state index in [-0.39, 0.29) is 34.8 Å². The summed E-state index contributed by atoms with van der Waals surface area (Å²) in [7, 11) is -3.54. The van der Waals surface area contributed by atoms with Crippen LogP contribution in [0.3, 0.4) is 0 Å². The topological polar surface area (TPSA) is 89.5 Å². The maximum absolute atomic E-state index is 12.1. The molecule has 2 saturated carbocycles. The van der Waals surface area contributed by atoms with E-state index in [1.54, 1.807) is 0 Å². The molecule has 0 heterocycles. The highest BCUT2D eigenvalue weighted by Gasteiger charge is 2.28. The van der Waals surface area contributed by atoms with Crippen molar-refractivity contribution in [3.05, 3.63) is 29.8 Å². The zero-order valence-corrected chi connectivity index (χ0v) is 14.9. The second-order valence-electron chi connectivity index (χ2n) is 6.80. The Bertz CT molecular complexity index is 731. The molecule has 6 nitrogen and oxygen atoms in total. The molecule has 1 aromatic carbocycles. The lowest BCUT2D eigenvalue weighted by Crippen LogP contribution is -2.25. The highest BCUT2D eigenvalue weighted by Crippen LogP contribution is 2.25. The summed E-state index contributed by atoms with van der Waals surface area (Å²) in [6, 6.07) is 5.61. The summed E-state index contributed by atoms with van der Waals surface area (Å²) in [5, 5.41) is 0. The molecule has 2 aliphatic carbocycles. The Morgan fingerprint density at radius 3 is 2.24 bits per heavy atom. The first kappa shape index (κ1) is 18.1. The standard InChI is InChI=1S/C18H23NO5S/c20-17(13-4-2-1-3-5-13)12-24-18(21)14-6-10-16(11-7-14)25(22,23)19-15-8-9-15/h6-7,10-11,13,15,19H,1-5,8-9,12H2. The number of carbonyl (C=O) groups excluding carboxylic acids is 2. The van der Waals surface area contributed by atoms with Gasteiger partial charge in [0.05, 0.1) is 10.5 Å². The van der Waals surface area contributed by atoms with Crippen molar-refractivity contribution >= 4 is 21.8 Å². The molecule has 0 unspecified atom stereocenters. The molecule has 0 atom stereocenters. The summed E-state index contributed by atoms with van der Waals surface area (Å²) in [6.07, 6.45) is 6.73. The van der Waals surface area contributed by atoms with Crippen LogP contribution < -0.4 is 4.72 Å². The molecule has 2 aliphatic rings. The second kappa shape index (κ2) is 7.66. The lowest BCUT2D eigenvalue weighted by molar-refractivity contribution is -0.126. The summed E-state index contributed by atoms with van der Waals surface area (Å²) in [4.78, 5) is 24.2. The van der Waals surface area contributed by atoms with Crippen molar-refractivity contribution < 1.29 is 22.7 Å². The maximum Gasteiger partial charge on any atom is 0.338 e. The van der Waals surface area contributed by atoms with Gasteiger partial charge in [0.1, 0.15) is 0 Å². The van der Waals surface area contributed by atoms with Crippen molar-refractivity contribution in [3.63, 3.8) is 0 Å². The van der Waals surface area contributed by atoms with Crippen LogP contribution in [0.2, 0.25) is 0 Å². The SMILES string of the molecule is O=C(OCC(=O)C1CCCCC1)c1ccc(S(=O)(=O)NC2CC2)cc1. The zero-order chi connectivity index (χ0) is 17.9. The molecule has 0 radical (unpaired) electrons. The van der Waals surface area contributed by atoms with Gasteiger partial charge >= 0.3 is 5.97 Å². The summed E-state index contributed by atoms with van der Waals surface area (Å²) < 4.78 is 31.8. The average molecular weight is 365 g/mol. The number of ether oxygens (including phenoxy) is 1. The van der Waals surface area contributed by atoms with Crippen molar-refractivity contribution in [3.8, 4) is 0 Å². The van der Waals surface area contributed by atoms with E-state index in [1.807, 2.05) is 0 Å². The second-order valence-corrected chi connectivity index (χ2v) is 8.51. The molecule has 0 aliphatic heterocycles. The largest absolute Gasteiger partial charge is 0.454 e. The van der Waals surface area contributed by atoms with Gasteiger partial charge in [-0.2, -0.15) is 0 Å². The monoisotopic (exact) mass is 365 g/mol. The molecule has 1 N–H and O–H groups in total. The zero-order valence-electron chi connectivity index (χ0n) is 14.1. The van der Waals surface area contributed by atoms with Gasteiger partial charge in [0.2, 0.25) is 10.0 Å². The molecule has 0 aromatic heterocycles. The van der Waals surface area contributed by atoms with E-state index in [0.29, 0.717) is 0 Å². The number of ketones is 1. The van der Waals surface area contributed by atoms with E-state index < -0.39 is 16.0 Å². The molecule has 0 spiro atoms. The van der Waals surface area contributed by atoms with Gasteiger partial charge in [-0.25, -0.2) is 17.9 Å². The van der Waals surface area contributed by atoms with Crippen molar-refractivity contribution in [2.75, 3.05) is 6.61 Å². The van der Waals surface area contributed by atoms with Crippen LogP contribution in [0.25, 0.3) is 0 Å². The minimum Gasteiger partial charge on any atom is -0.454 e.